The van der Waals surface area contributed by atoms with Crippen LogP contribution < -0.4 is 4.90 Å². The maximum atomic E-state index is 13.1. The van der Waals surface area contributed by atoms with Gasteiger partial charge >= 0.3 is 0 Å². The van der Waals surface area contributed by atoms with E-state index in [1.54, 1.807) is 47.0 Å². The van der Waals surface area contributed by atoms with Gasteiger partial charge in [-0.3, -0.25) is 14.6 Å². The number of hydrogen-bond donors (Lipinski definition) is 0. The Balaban J connectivity index is 1.78. The number of hydrogen-bond acceptors (Lipinski definition) is 4. The van der Waals surface area contributed by atoms with Gasteiger partial charge in [-0.1, -0.05) is 11.6 Å². The first-order valence-corrected chi connectivity index (χ1v) is 9.50. The third-order valence-electron chi connectivity index (χ3n) is 5.23. The summed E-state index contributed by atoms with van der Waals surface area (Å²) in [6.45, 7) is 3.98. The predicted molar refractivity (Wildman–Crippen MR) is 104 cm³/mol. The highest BCUT2D eigenvalue weighted by Gasteiger charge is 2.36. The lowest BCUT2D eigenvalue weighted by Gasteiger charge is -2.25. The van der Waals surface area contributed by atoms with Crippen LogP contribution in [0, 0.1) is 5.92 Å². The van der Waals surface area contributed by atoms with Gasteiger partial charge in [-0.2, -0.15) is 5.10 Å². The molecular formula is C19H24ClN5O2. The molecule has 27 heavy (non-hydrogen) atoms. The minimum Gasteiger partial charge on any atom is -0.343 e. The van der Waals surface area contributed by atoms with Crippen molar-refractivity contribution in [3.05, 3.63) is 35.9 Å². The van der Waals surface area contributed by atoms with E-state index in [0.29, 0.717) is 18.7 Å². The summed E-state index contributed by atoms with van der Waals surface area (Å²) in [5.74, 6) is -0.0552. The topological polar surface area (TPSA) is 71.3 Å². The lowest BCUT2D eigenvalue weighted by Crippen LogP contribution is -2.37. The van der Waals surface area contributed by atoms with Gasteiger partial charge in [0.05, 0.1) is 18.1 Å². The summed E-state index contributed by atoms with van der Waals surface area (Å²) in [5.41, 5.74) is 1.37. The molecule has 2 amide bonds. The maximum absolute atomic E-state index is 13.1. The second-order valence-electron chi connectivity index (χ2n) is 6.84. The molecule has 3 rings (SSSR count). The minimum atomic E-state index is -0.116. The molecule has 144 valence electrons. The van der Waals surface area contributed by atoms with Crippen LogP contribution in [0.4, 0.5) is 5.69 Å². The van der Waals surface area contributed by atoms with Crippen molar-refractivity contribution in [1.29, 1.82) is 0 Å². The zero-order chi connectivity index (χ0) is 19.6. The highest BCUT2D eigenvalue weighted by atomic mass is 35.5. The fourth-order valence-corrected chi connectivity index (χ4v) is 3.83. The van der Waals surface area contributed by atoms with E-state index in [0.717, 1.165) is 18.5 Å². The molecule has 7 nitrogen and oxygen atoms in total. The van der Waals surface area contributed by atoms with Crippen LogP contribution in [0.3, 0.4) is 0 Å². The lowest BCUT2D eigenvalue weighted by molar-refractivity contribution is -0.130. The third-order valence-corrected chi connectivity index (χ3v) is 5.50. The number of pyridine rings is 1. The standard InChI is InChI=1S/C19H24ClN5O2/c1-4-24(19(27)14-7-8-15(10-14)23(3)13(2)26)17-12-25(22-18(17)20)16-6-5-9-21-11-16/h5-6,9,11-12,14-15H,4,7-8,10H2,1-3H3/t14-,15+/m0/s1. The molecule has 0 saturated heterocycles. The van der Waals surface area contributed by atoms with Crippen molar-refractivity contribution in [2.45, 2.75) is 39.2 Å². The first-order chi connectivity index (χ1) is 12.9. The van der Waals surface area contributed by atoms with Gasteiger partial charge in [0.25, 0.3) is 0 Å². The van der Waals surface area contributed by atoms with Gasteiger partial charge in [0, 0.05) is 38.7 Å². The third kappa shape index (κ3) is 3.98. The van der Waals surface area contributed by atoms with E-state index in [4.69, 9.17) is 11.6 Å². The van der Waals surface area contributed by atoms with Crippen molar-refractivity contribution >= 4 is 29.1 Å². The molecule has 1 fully saturated rings. The molecule has 0 aromatic carbocycles. The van der Waals surface area contributed by atoms with Crippen LogP contribution >= 0.6 is 11.6 Å². The fourth-order valence-electron chi connectivity index (χ4n) is 3.60. The largest absolute Gasteiger partial charge is 0.343 e. The van der Waals surface area contributed by atoms with Crippen LogP contribution in [-0.2, 0) is 9.59 Å². The average Bonchev–Trinajstić information content (AvgIpc) is 3.30. The second kappa shape index (κ2) is 8.08. The SMILES string of the molecule is CCN(C(=O)[C@H]1CC[C@@H](N(C)C(C)=O)C1)c1cn(-c2cccnc2)nc1Cl. The summed E-state index contributed by atoms with van der Waals surface area (Å²) >= 11 is 6.34. The quantitative estimate of drug-likeness (QED) is 0.788. The molecule has 8 heteroatoms. The highest BCUT2D eigenvalue weighted by molar-refractivity contribution is 6.32. The Morgan fingerprint density at radius 2 is 2.15 bits per heavy atom. The van der Waals surface area contributed by atoms with E-state index in [9.17, 15) is 9.59 Å². The molecule has 2 aromatic rings. The fraction of sp³-hybridized carbons (Fsp3) is 0.474. The molecule has 0 spiro atoms. The molecule has 1 aliphatic rings. The summed E-state index contributed by atoms with van der Waals surface area (Å²) in [6.07, 6.45) is 7.42. The summed E-state index contributed by atoms with van der Waals surface area (Å²) in [6, 6.07) is 3.80. The van der Waals surface area contributed by atoms with Crippen LogP contribution in [0.2, 0.25) is 5.15 Å². The molecule has 2 aromatic heterocycles. The molecular weight excluding hydrogens is 366 g/mol. The number of aromatic nitrogens is 3. The molecule has 0 N–H and O–H groups in total. The van der Waals surface area contributed by atoms with Gasteiger partial charge in [-0.05, 0) is 38.3 Å². The van der Waals surface area contributed by atoms with Crippen molar-refractivity contribution in [1.82, 2.24) is 19.7 Å². The van der Waals surface area contributed by atoms with Gasteiger partial charge in [-0.25, -0.2) is 4.68 Å². The van der Waals surface area contributed by atoms with E-state index >= 15 is 0 Å². The zero-order valence-electron chi connectivity index (χ0n) is 15.8. The Labute approximate surface area is 163 Å². The van der Waals surface area contributed by atoms with Gasteiger partial charge < -0.3 is 9.80 Å². The van der Waals surface area contributed by atoms with E-state index < -0.39 is 0 Å². The average molecular weight is 390 g/mol. The van der Waals surface area contributed by atoms with Crippen LogP contribution in [0.1, 0.15) is 33.1 Å². The zero-order valence-corrected chi connectivity index (χ0v) is 16.6. The Bertz CT molecular complexity index is 823. The normalized spacial score (nSPS) is 19.1. The monoisotopic (exact) mass is 389 g/mol. The number of anilines is 1. The number of carbonyl (C=O) groups is 2. The molecule has 0 aliphatic heterocycles. The predicted octanol–water partition coefficient (Wildman–Crippen LogP) is 2.92. The van der Waals surface area contributed by atoms with Crippen LogP contribution in [0.25, 0.3) is 5.69 Å². The molecule has 0 bridgehead atoms. The van der Waals surface area contributed by atoms with Gasteiger partial charge in [-0.15, -0.1) is 0 Å². The van der Waals surface area contributed by atoms with Crippen molar-refractivity contribution in [3.63, 3.8) is 0 Å². The van der Waals surface area contributed by atoms with Gasteiger partial charge in [0.2, 0.25) is 11.8 Å². The summed E-state index contributed by atoms with van der Waals surface area (Å²) in [7, 11) is 1.80. The lowest BCUT2D eigenvalue weighted by atomic mass is 10.1. The van der Waals surface area contributed by atoms with Crippen LogP contribution in [0.15, 0.2) is 30.7 Å². The molecule has 0 unspecified atom stereocenters. The number of halogens is 1. The van der Waals surface area contributed by atoms with Crippen molar-refractivity contribution < 1.29 is 9.59 Å². The van der Waals surface area contributed by atoms with Crippen molar-refractivity contribution in [2.24, 2.45) is 5.92 Å². The van der Waals surface area contributed by atoms with E-state index in [1.807, 2.05) is 19.1 Å². The number of rotatable bonds is 5. The minimum absolute atomic E-state index is 0.0289. The Morgan fingerprint density at radius 3 is 2.78 bits per heavy atom. The summed E-state index contributed by atoms with van der Waals surface area (Å²) in [4.78, 5) is 32.2. The van der Waals surface area contributed by atoms with Crippen LogP contribution in [-0.4, -0.2) is 51.1 Å². The summed E-state index contributed by atoms with van der Waals surface area (Å²) in [5, 5.41) is 4.60. The number of nitrogens with zero attached hydrogens (tertiary/aromatic N) is 5. The van der Waals surface area contributed by atoms with Gasteiger partial charge in [0.15, 0.2) is 5.15 Å². The first kappa shape index (κ1) is 19.4. The van der Waals surface area contributed by atoms with E-state index in [-0.39, 0.29) is 28.9 Å². The summed E-state index contributed by atoms with van der Waals surface area (Å²) < 4.78 is 1.63. The Kier molecular flexibility index (Phi) is 5.79. The number of amides is 2. The molecule has 1 saturated carbocycles. The number of carbonyl (C=O) groups excluding carboxylic acids is 2. The second-order valence-corrected chi connectivity index (χ2v) is 7.20. The molecule has 2 atom stereocenters. The molecule has 1 aliphatic carbocycles. The maximum Gasteiger partial charge on any atom is 0.230 e. The van der Waals surface area contributed by atoms with E-state index in [2.05, 4.69) is 10.1 Å². The van der Waals surface area contributed by atoms with Crippen molar-refractivity contribution in [2.75, 3.05) is 18.5 Å². The molecule has 2 heterocycles. The Morgan fingerprint density at radius 1 is 1.37 bits per heavy atom. The van der Waals surface area contributed by atoms with Gasteiger partial charge in [0.1, 0.15) is 5.69 Å². The van der Waals surface area contributed by atoms with E-state index in [1.165, 1.54) is 0 Å². The highest BCUT2D eigenvalue weighted by Crippen LogP contribution is 2.33. The first-order valence-electron chi connectivity index (χ1n) is 9.12. The van der Waals surface area contributed by atoms with Crippen LogP contribution in [0.5, 0.6) is 0 Å². The van der Waals surface area contributed by atoms with Crippen molar-refractivity contribution in [3.8, 4) is 5.69 Å². The molecule has 0 radical (unpaired) electrons. The smallest absolute Gasteiger partial charge is 0.230 e. The Hall–Kier alpha value is -2.41.